The Labute approximate surface area is 80.2 Å². The van der Waals surface area contributed by atoms with Crippen molar-refractivity contribution in [1.29, 1.82) is 0 Å². The van der Waals surface area contributed by atoms with E-state index in [0.717, 1.165) is 0 Å². The van der Waals surface area contributed by atoms with E-state index >= 15 is 0 Å². The van der Waals surface area contributed by atoms with E-state index in [0.29, 0.717) is 24.0 Å². The van der Waals surface area contributed by atoms with Crippen molar-refractivity contribution < 1.29 is 13.9 Å². The van der Waals surface area contributed by atoms with Crippen LogP contribution >= 0.6 is 11.6 Å². The van der Waals surface area contributed by atoms with Crippen LogP contribution in [0.15, 0.2) is 18.2 Å². The van der Waals surface area contributed by atoms with Gasteiger partial charge in [-0.25, -0.2) is 4.39 Å². The first-order valence-corrected chi connectivity index (χ1v) is 4.33. The summed E-state index contributed by atoms with van der Waals surface area (Å²) in [6.45, 7) is 1.15. The van der Waals surface area contributed by atoms with Crippen molar-refractivity contribution in [3.05, 3.63) is 29.0 Å². The number of benzene rings is 1. The zero-order chi connectivity index (χ0) is 9.26. The van der Waals surface area contributed by atoms with Crippen molar-refractivity contribution in [2.24, 2.45) is 0 Å². The molecule has 0 radical (unpaired) electrons. The summed E-state index contributed by atoms with van der Waals surface area (Å²) in [5.74, 6) is 0.0216. The highest BCUT2D eigenvalue weighted by molar-refractivity contribution is 6.32. The van der Waals surface area contributed by atoms with Gasteiger partial charge in [0.15, 0.2) is 0 Å². The van der Waals surface area contributed by atoms with E-state index in [9.17, 15) is 4.39 Å². The monoisotopic (exact) mass is 202 g/mol. The van der Waals surface area contributed by atoms with Gasteiger partial charge < -0.3 is 9.47 Å². The van der Waals surface area contributed by atoms with Gasteiger partial charge in [0.2, 0.25) is 0 Å². The first-order valence-electron chi connectivity index (χ1n) is 3.95. The summed E-state index contributed by atoms with van der Waals surface area (Å²) in [7, 11) is 0. The Morgan fingerprint density at radius 2 is 2.38 bits per heavy atom. The van der Waals surface area contributed by atoms with Gasteiger partial charge >= 0.3 is 0 Å². The summed E-state index contributed by atoms with van der Waals surface area (Å²) in [6, 6.07) is 4.04. The Kier molecular flexibility index (Phi) is 2.38. The molecule has 2 rings (SSSR count). The minimum atomic E-state index is -0.351. The standard InChI is InChI=1S/C9H8ClFO2/c10-8-2-1-6(11)3-9(8)13-5-7-4-12-7/h1-3,7H,4-5H2. The fourth-order valence-corrected chi connectivity index (χ4v) is 1.11. The van der Waals surface area contributed by atoms with Crippen LogP contribution in [0.1, 0.15) is 0 Å². The molecule has 1 aliphatic heterocycles. The van der Waals surface area contributed by atoms with Crippen LogP contribution in [-0.4, -0.2) is 19.3 Å². The zero-order valence-electron chi connectivity index (χ0n) is 6.80. The fraction of sp³-hybridized carbons (Fsp3) is 0.333. The SMILES string of the molecule is Fc1ccc(Cl)c(OCC2CO2)c1. The summed E-state index contributed by atoms with van der Waals surface area (Å²) >= 11 is 5.77. The van der Waals surface area contributed by atoms with E-state index in [1.54, 1.807) is 0 Å². The minimum absolute atomic E-state index is 0.152. The molecule has 70 valence electrons. The van der Waals surface area contributed by atoms with E-state index in [-0.39, 0.29) is 11.9 Å². The van der Waals surface area contributed by atoms with E-state index in [4.69, 9.17) is 21.1 Å². The lowest BCUT2D eigenvalue weighted by Crippen LogP contribution is -2.04. The molecule has 1 fully saturated rings. The molecule has 0 aromatic heterocycles. The molecule has 2 nitrogen and oxygen atoms in total. The maximum absolute atomic E-state index is 12.7. The van der Waals surface area contributed by atoms with Crippen LogP contribution in [-0.2, 0) is 4.74 Å². The molecule has 0 spiro atoms. The normalized spacial score (nSPS) is 20.0. The van der Waals surface area contributed by atoms with Gasteiger partial charge in [0.1, 0.15) is 24.3 Å². The number of epoxide rings is 1. The maximum atomic E-state index is 12.7. The van der Waals surface area contributed by atoms with Crippen LogP contribution in [0, 0.1) is 5.82 Å². The minimum Gasteiger partial charge on any atom is -0.489 e. The van der Waals surface area contributed by atoms with E-state index < -0.39 is 0 Å². The van der Waals surface area contributed by atoms with Gasteiger partial charge in [-0.1, -0.05) is 11.6 Å². The molecule has 1 aromatic carbocycles. The highest BCUT2D eigenvalue weighted by atomic mass is 35.5. The molecule has 0 aliphatic carbocycles. The van der Waals surface area contributed by atoms with Crippen molar-refractivity contribution in [2.75, 3.05) is 13.2 Å². The largest absolute Gasteiger partial charge is 0.489 e. The zero-order valence-corrected chi connectivity index (χ0v) is 7.55. The average molecular weight is 203 g/mol. The molecule has 13 heavy (non-hydrogen) atoms. The Bertz CT molecular complexity index is 312. The summed E-state index contributed by atoms with van der Waals surface area (Å²) < 4.78 is 22.9. The van der Waals surface area contributed by atoms with Crippen molar-refractivity contribution in [3.8, 4) is 5.75 Å². The highest BCUT2D eigenvalue weighted by Crippen LogP contribution is 2.25. The van der Waals surface area contributed by atoms with Crippen LogP contribution in [0.3, 0.4) is 0 Å². The van der Waals surface area contributed by atoms with Gasteiger partial charge in [0.25, 0.3) is 0 Å². The lowest BCUT2D eigenvalue weighted by molar-refractivity contribution is 0.262. The molecule has 0 amide bonds. The summed E-state index contributed by atoms with van der Waals surface area (Å²) in [6.07, 6.45) is 0.152. The quantitative estimate of drug-likeness (QED) is 0.702. The van der Waals surface area contributed by atoms with Crippen molar-refractivity contribution in [1.82, 2.24) is 0 Å². The molecule has 1 unspecified atom stereocenters. The van der Waals surface area contributed by atoms with Crippen LogP contribution in [0.25, 0.3) is 0 Å². The molecule has 1 aromatic rings. The average Bonchev–Trinajstić information content (AvgIpc) is 2.90. The molecular weight excluding hydrogens is 195 g/mol. The number of halogens is 2. The smallest absolute Gasteiger partial charge is 0.140 e. The lowest BCUT2D eigenvalue weighted by Gasteiger charge is -2.05. The van der Waals surface area contributed by atoms with Gasteiger partial charge in [-0.3, -0.25) is 0 Å². The highest BCUT2D eigenvalue weighted by Gasteiger charge is 2.23. The Morgan fingerprint density at radius 3 is 3.08 bits per heavy atom. The molecule has 1 heterocycles. The number of ether oxygens (including phenoxy) is 2. The number of hydrogen-bond acceptors (Lipinski definition) is 2. The van der Waals surface area contributed by atoms with Gasteiger partial charge in [-0.05, 0) is 12.1 Å². The third-order valence-corrected chi connectivity index (χ3v) is 2.03. The molecular formula is C9H8ClFO2. The van der Waals surface area contributed by atoms with Gasteiger partial charge in [0, 0.05) is 6.07 Å². The molecule has 1 aliphatic rings. The van der Waals surface area contributed by atoms with Crippen LogP contribution < -0.4 is 4.74 Å². The summed E-state index contributed by atoms with van der Waals surface area (Å²) in [5, 5.41) is 0.419. The molecule has 0 saturated carbocycles. The Balaban J connectivity index is 2.03. The Hall–Kier alpha value is -0.800. The van der Waals surface area contributed by atoms with E-state index in [1.807, 2.05) is 0 Å². The second-order valence-electron chi connectivity index (χ2n) is 2.84. The van der Waals surface area contributed by atoms with Crippen LogP contribution in [0.5, 0.6) is 5.75 Å². The molecule has 1 saturated heterocycles. The third-order valence-electron chi connectivity index (χ3n) is 1.72. The Morgan fingerprint density at radius 1 is 1.62 bits per heavy atom. The van der Waals surface area contributed by atoms with Crippen LogP contribution in [0.2, 0.25) is 5.02 Å². The fourth-order valence-electron chi connectivity index (χ4n) is 0.935. The van der Waals surface area contributed by atoms with Gasteiger partial charge in [0.05, 0.1) is 11.6 Å². The predicted octanol–water partition coefficient (Wildman–Crippen LogP) is 2.26. The molecule has 0 N–H and O–H groups in total. The second-order valence-corrected chi connectivity index (χ2v) is 3.25. The van der Waals surface area contributed by atoms with Crippen LogP contribution in [0.4, 0.5) is 4.39 Å². The summed E-state index contributed by atoms with van der Waals surface area (Å²) in [5.41, 5.74) is 0. The maximum Gasteiger partial charge on any atom is 0.140 e. The van der Waals surface area contributed by atoms with Gasteiger partial charge in [-0.15, -0.1) is 0 Å². The molecule has 1 atom stereocenters. The first-order chi connectivity index (χ1) is 6.25. The predicted molar refractivity (Wildman–Crippen MR) is 46.6 cm³/mol. The topological polar surface area (TPSA) is 21.8 Å². The second kappa shape index (κ2) is 3.52. The van der Waals surface area contributed by atoms with Crippen molar-refractivity contribution in [2.45, 2.75) is 6.10 Å². The van der Waals surface area contributed by atoms with E-state index in [1.165, 1.54) is 18.2 Å². The number of rotatable bonds is 3. The summed E-state index contributed by atoms with van der Waals surface area (Å²) in [4.78, 5) is 0. The van der Waals surface area contributed by atoms with Crippen molar-refractivity contribution in [3.63, 3.8) is 0 Å². The molecule has 4 heteroatoms. The first kappa shape index (κ1) is 8.78. The third kappa shape index (κ3) is 2.32. The number of hydrogen-bond donors (Lipinski definition) is 0. The lowest BCUT2D eigenvalue weighted by atomic mass is 10.3. The van der Waals surface area contributed by atoms with Crippen molar-refractivity contribution >= 4 is 11.6 Å². The van der Waals surface area contributed by atoms with Gasteiger partial charge in [-0.2, -0.15) is 0 Å². The molecule has 0 bridgehead atoms. The van der Waals surface area contributed by atoms with E-state index in [2.05, 4.69) is 0 Å².